The molecule has 1 N–H and O–H groups in total. The Morgan fingerprint density at radius 2 is 1.61 bits per heavy atom. The summed E-state index contributed by atoms with van der Waals surface area (Å²) in [7, 11) is 0. The number of nitrogens with zero attached hydrogens (tertiary/aromatic N) is 2. The summed E-state index contributed by atoms with van der Waals surface area (Å²) in [6.45, 7) is 0.643. The van der Waals surface area contributed by atoms with Gasteiger partial charge >= 0.3 is 0 Å². The highest BCUT2D eigenvalue weighted by atomic mass is 35.5. The van der Waals surface area contributed by atoms with Crippen molar-refractivity contribution in [2.75, 3.05) is 5.32 Å². The third-order valence-corrected chi connectivity index (χ3v) is 5.36. The number of hydrogen-bond donors (Lipinski definition) is 1. The molecule has 0 spiro atoms. The van der Waals surface area contributed by atoms with Gasteiger partial charge in [0.25, 0.3) is 5.91 Å². The van der Waals surface area contributed by atoms with E-state index < -0.39 is 5.91 Å². The molecule has 0 aliphatic rings. The van der Waals surface area contributed by atoms with E-state index >= 15 is 0 Å². The SMILES string of the molecule is N#C/C(=C/c1cn(Cc2ccc(Cl)cc2)c2ccccc12)C(=O)Nc1ccc(Cl)cc1. The van der Waals surface area contributed by atoms with Crippen molar-refractivity contribution in [3.8, 4) is 6.07 Å². The fraction of sp³-hybridized carbons (Fsp3) is 0.0400. The molecule has 31 heavy (non-hydrogen) atoms. The number of rotatable bonds is 5. The smallest absolute Gasteiger partial charge is 0.266 e. The van der Waals surface area contributed by atoms with Gasteiger partial charge in [-0.25, -0.2) is 0 Å². The third-order valence-electron chi connectivity index (χ3n) is 4.85. The molecule has 1 amide bonds. The average molecular weight is 446 g/mol. The molecule has 0 saturated carbocycles. The lowest BCUT2D eigenvalue weighted by atomic mass is 10.1. The molecule has 0 radical (unpaired) electrons. The van der Waals surface area contributed by atoms with Crippen LogP contribution >= 0.6 is 23.2 Å². The van der Waals surface area contributed by atoms with Gasteiger partial charge in [-0.15, -0.1) is 0 Å². The minimum Gasteiger partial charge on any atom is -0.342 e. The van der Waals surface area contributed by atoms with Crippen molar-refractivity contribution in [3.05, 3.63) is 106 Å². The van der Waals surface area contributed by atoms with Crippen molar-refractivity contribution in [1.82, 2.24) is 4.57 Å². The van der Waals surface area contributed by atoms with E-state index in [0.717, 1.165) is 22.0 Å². The van der Waals surface area contributed by atoms with E-state index in [0.29, 0.717) is 22.3 Å². The Balaban J connectivity index is 1.66. The molecule has 4 aromatic rings. The standard InChI is InChI=1S/C25H17Cl2N3O/c26-20-7-5-17(6-8-20)15-30-16-19(23-3-1-2-4-24(23)30)13-18(14-28)25(31)29-22-11-9-21(27)10-12-22/h1-13,16H,15H2,(H,29,31)/b18-13-. The summed E-state index contributed by atoms with van der Waals surface area (Å²) in [6.07, 6.45) is 3.57. The normalized spacial score (nSPS) is 11.3. The Bertz CT molecular complexity index is 1310. The second kappa shape index (κ2) is 9.09. The van der Waals surface area contributed by atoms with Crippen LogP contribution in [0.2, 0.25) is 10.0 Å². The molecule has 0 aliphatic carbocycles. The molecular formula is C25H17Cl2N3O. The first-order valence-corrected chi connectivity index (χ1v) is 10.3. The van der Waals surface area contributed by atoms with Gasteiger partial charge in [-0.2, -0.15) is 5.26 Å². The van der Waals surface area contributed by atoms with Gasteiger partial charge in [-0.05, 0) is 54.1 Å². The average Bonchev–Trinajstić information content (AvgIpc) is 3.12. The number of fused-ring (bicyclic) bond motifs is 1. The number of anilines is 1. The maximum absolute atomic E-state index is 12.6. The fourth-order valence-electron chi connectivity index (χ4n) is 3.34. The molecule has 0 bridgehead atoms. The van der Waals surface area contributed by atoms with Crippen molar-refractivity contribution < 1.29 is 4.79 Å². The van der Waals surface area contributed by atoms with Crippen LogP contribution in [0.3, 0.4) is 0 Å². The molecule has 152 valence electrons. The molecule has 4 nitrogen and oxygen atoms in total. The van der Waals surface area contributed by atoms with Gasteiger partial charge in [0.1, 0.15) is 11.6 Å². The van der Waals surface area contributed by atoms with E-state index in [1.807, 2.05) is 60.8 Å². The summed E-state index contributed by atoms with van der Waals surface area (Å²) in [5, 5.41) is 14.6. The topological polar surface area (TPSA) is 57.8 Å². The Labute approximate surface area is 189 Å². The van der Waals surface area contributed by atoms with Crippen LogP contribution in [0.25, 0.3) is 17.0 Å². The molecule has 0 fully saturated rings. The molecule has 0 aliphatic heterocycles. The van der Waals surface area contributed by atoms with Crippen LogP contribution < -0.4 is 5.32 Å². The number of aromatic nitrogens is 1. The Morgan fingerprint density at radius 1 is 0.968 bits per heavy atom. The van der Waals surface area contributed by atoms with Crippen LogP contribution in [0.15, 0.2) is 84.6 Å². The lowest BCUT2D eigenvalue weighted by Crippen LogP contribution is -2.13. The first kappa shape index (κ1) is 20.7. The molecule has 3 aromatic carbocycles. The first-order chi connectivity index (χ1) is 15.0. The van der Waals surface area contributed by atoms with Crippen molar-refractivity contribution in [2.24, 2.45) is 0 Å². The summed E-state index contributed by atoms with van der Waals surface area (Å²) in [5.74, 6) is -0.473. The quantitative estimate of drug-likeness (QED) is 0.280. The maximum atomic E-state index is 12.6. The number of benzene rings is 3. The number of hydrogen-bond acceptors (Lipinski definition) is 2. The van der Waals surface area contributed by atoms with Crippen LogP contribution in [0.1, 0.15) is 11.1 Å². The van der Waals surface area contributed by atoms with Gasteiger partial charge in [0, 0.05) is 44.9 Å². The highest BCUT2D eigenvalue weighted by Crippen LogP contribution is 2.25. The number of amides is 1. The van der Waals surface area contributed by atoms with Gasteiger partial charge in [-0.3, -0.25) is 4.79 Å². The number of halogens is 2. The van der Waals surface area contributed by atoms with Gasteiger partial charge in [-0.1, -0.05) is 53.5 Å². The van der Waals surface area contributed by atoms with Crippen LogP contribution in [0.4, 0.5) is 5.69 Å². The fourth-order valence-corrected chi connectivity index (χ4v) is 3.60. The maximum Gasteiger partial charge on any atom is 0.266 e. The van der Waals surface area contributed by atoms with Gasteiger partial charge in [0.2, 0.25) is 0 Å². The third kappa shape index (κ3) is 4.80. The number of nitriles is 1. The van der Waals surface area contributed by atoms with Gasteiger partial charge in [0.15, 0.2) is 0 Å². The van der Waals surface area contributed by atoms with E-state index in [1.54, 1.807) is 30.3 Å². The number of nitrogens with one attached hydrogen (secondary N) is 1. The predicted molar refractivity (Wildman–Crippen MR) is 126 cm³/mol. The molecule has 0 atom stereocenters. The molecule has 0 saturated heterocycles. The van der Waals surface area contributed by atoms with Crippen LogP contribution in [-0.4, -0.2) is 10.5 Å². The molecule has 4 rings (SSSR count). The zero-order valence-electron chi connectivity index (χ0n) is 16.3. The van der Waals surface area contributed by atoms with E-state index in [-0.39, 0.29) is 5.57 Å². The van der Waals surface area contributed by atoms with E-state index in [9.17, 15) is 10.1 Å². The van der Waals surface area contributed by atoms with Crippen LogP contribution in [0, 0.1) is 11.3 Å². The number of carbonyl (C=O) groups excluding carboxylic acids is 1. The van der Waals surface area contributed by atoms with Crippen molar-refractivity contribution in [1.29, 1.82) is 5.26 Å². The molecule has 1 heterocycles. The van der Waals surface area contributed by atoms with Crippen molar-refractivity contribution >= 4 is 51.8 Å². The number of carbonyl (C=O) groups is 1. The zero-order chi connectivity index (χ0) is 21.8. The van der Waals surface area contributed by atoms with E-state index in [1.165, 1.54) is 0 Å². The van der Waals surface area contributed by atoms with Crippen LogP contribution in [-0.2, 0) is 11.3 Å². The summed E-state index contributed by atoms with van der Waals surface area (Å²) < 4.78 is 2.09. The number of para-hydroxylation sites is 1. The molecular weight excluding hydrogens is 429 g/mol. The zero-order valence-corrected chi connectivity index (χ0v) is 17.9. The largest absolute Gasteiger partial charge is 0.342 e. The van der Waals surface area contributed by atoms with Gasteiger partial charge < -0.3 is 9.88 Å². The lowest BCUT2D eigenvalue weighted by Gasteiger charge is -2.05. The van der Waals surface area contributed by atoms with Crippen LogP contribution in [0.5, 0.6) is 0 Å². The van der Waals surface area contributed by atoms with E-state index in [2.05, 4.69) is 9.88 Å². The molecule has 0 unspecified atom stereocenters. The monoisotopic (exact) mass is 445 g/mol. The molecule has 6 heteroatoms. The minimum atomic E-state index is -0.473. The van der Waals surface area contributed by atoms with Crippen molar-refractivity contribution in [2.45, 2.75) is 6.54 Å². The van der Waals surface area contributed by atoms with E-state index in [4.69, 9.17) is 23.2 Å². The lowest BCUT2D eigenvalue weighted by molar-refractivity contribution is -0.112. The Morgan fingerprint density at radius 3 is 2.29 bits per heavy atom. The summed E-state index contributed by atoms with van der Waals surface area (Å²) in [5.41, 5.74) is 3.50. The Kier molecular flexibility index (Phi) is 6.08. The molecule has 1 aromatic heterocycles. The first-order valence-electron chi connectivity index (χ1n) is 9.54. The summed E-state index contributed by atoms with van der Waals surface area (Å²) >= 11 is 11.9. The minimum absolute atomic E-state index is 0.0179. The predicted octanol–water partition coefficient (Wildman–Crippen LogP) is 6.54. The highest BCUT2D eigenvalue weighted by molar-refractivity contribution is 6.30. The van der Waals surface area contributed by atoms with Gasteiger partial charge in [0.05, 0.1) is 0 Å². The summed E-state index contributed by atoms with van der Waals surface area (Å²) in [4.78, 5) is 12.6. The summed E-state index contributed by atoms with van der Waals surface area (Å²) in [6, 6.07) is 24.3. The van der Waals surface area contributed by atoms with Crippen molar-refractivity contribution in [3.63, 3.8) is 0 Å². The highest BCUT2D eigenvalue weighted by Gasteiger charge is 2.13. The second-order valence-electron chi connectivity index (χ2n) is 6.99. The second-order valence-corrected chi connectivity index (χ2v) is 7.86. The Hall–Kier alpha value is -3.52.